The molecule has 0 aromatic heterocycles. The smallest absolute Gasteiger partial charge is 0.251 e. The van der Waals surface area contributed by atoms with Gasteiger partial charge in [-0.2, -0.15) is 0 Å². The second-order valence-corrected chi connectivity index (χ2v) is 6.01. The van der Waals surface area contributed by atoms with E-state index in [0.717, 1.165) is 5.56 Å². The van der Waals surface area contributed by atoms with Crippen LogP contribution in [0.1, 0.15) is 15.9 Å². The van der Waals surface area contributed by atoms with E-state index in [2.05, 4.69) is 10.6 Å². The summed E-state index contributed by atoms with van der Waals surface area (Å²) in [4.78, 5) is 24.4. The van der Waals surface area contributed by atoms with Crippen LogP contribution in [0.25, 0.3) is 0 Å². The van der Waals surface area contributed by atoms with Crippen molar-refractivity contribution in [1.82, 2.24) is 5.32 Å². The van der Waals surface area contributed by atoms with Crippen molar-refractivity contribution in [3.05, 3.63) is 46.5 Å². The van der Waals surface area contributed by atoms with Crippen LogP contribution in [0.4, 0.5) is 5.69 Å². The zero-order chi connectivity index (χ0) is 20.0. The Labute approximate surface area is 162 Å². The predicted molar refractivity (Wildman–Crippen MR) is 103 cm³/mol. The van der Waals surface area contributed by atoms with Crippen LogP contribution in [-0.2, 0) is 4.79 Å². The lowest BCUT2D eigenvalue weighted by atomic mass is 10.2. The molecule has 0 heterocycles. The van der Waals surface area contributed by atoms with E-state index < -0.39 is 11.8 Å². The Hall–Kier alpha value is -2.93. The highest BCUT2D eigenvalue weighted by Gasteiger charge is 2.14. The molecule has 2 aromatic rings. The number of anilines is 1. The van der Waals surface area contributed by atoms with Crippen LogP contribution in [-0.4, -0.2) is 39.7 Å². The highest BCUT2D eigenvalue weighted by atomic mass is 35.5. The molecular formula is C19H21ClN2O5. The van der Waals surface area contributed by atoms with Crippen LogP contribution >= 0.6 is 11.6 Å². The maximum Gasteiger partial charge on any atom is 0.251 e. The topological polar surface area (TPSA) is 85.9 Å². The molecule has 0 aliphatic carbocycles. The third-order valence-corrected chi connectivity index (χ3v) is 4.22. The molecule has 7 nitrogen and oxygen atoms in total. The lowest BCUT2D eigenvalue weighted by Gasteiger charge is -2.13. The minimum atomic E-state index is -0.412. The number of nitrogens with one attached hydrogen (secondary N) is 2. The first-order chi connectivity index (χ1) is 12.9. The molecule has 0 radical (unpaired) electrons. The van der Waals surface area contributed by atoms with Crippen molar-refractivity contribution in [2.75, 3.05) is 33.2 Å². The molecule has 0 saturated heterocycles. The summed E-state index contributed by atoms with van der Waals surface area (Å²) in [5, 5.41) is 5.79. The van der Waals surface area contributed by atoms with E-state index >= 15 is 0 Å². The number of rotatable bonds is 7. The molecule has 8 heteroatoms. The molecule has 27 heavy (non-hydrogen) atoms. The van der Waals surface area contributed by atoms with Crippen LogP contribution in [0.5, 0.6) is 17.2 Å². The number of aryl methyl sites for hydroxylation is 1. The molecule has 0 bridgehead atoms. The molecule has 2 amide bonds. The molecule has 2 N–H and O–H groups in total. The summed E-state index contributed by atoms with van der Waals surface area (Å²) in [6, 6.07) is 8.07. The molecule has 144 valence electrons. The SMILES string of the molecule is COc1cc(Cl)c(C)cc1NC(=O)CNC(=O)c1ccc(OC)c(OC)c1. The van der Waals surface area contributed by atoms with Gasteiger partial charge in [0.2, 0.25) is 5.91 Å². The minimum absolute atomic E-state index is 0.210. The first-order valence-corrected chi connectivity index (χ1v) is 8.41. The molecule has 0 aliphatic rings. The van der Waals surface area contributed by atoms with E-state index in [0.29, 0.717) is 33.5 Å². The monoisotopic (exact) mass is 392 g/mol. The van der Waals surface area contributed by atoms with Gasteiger partial charge in [-0.1, -0.05) is 11.6 Å². The van der Waals surface area contributed by atoms with E-state index in [-0.39, 0.29) is 6.54 Å². The first-order valence-electron chi connectivity index (χ1n) is 8.03. The second-order valence-electron chi connectivity index (χ2n) is 5.60. The molecule has 0 unspecified atom stereocenters. The Morgan fingerprint density at radius 2 is 1.63 bits per heavy atom. The van der Waals surface area contributed by atoms with Gasteiger partial charge in [0.05, 0.1) is 33.6 Å². The zero-order valence-electron chi connectivity index (χ0n) is 15.5. The third-order valence-electron chi connectivity index (χ3n) is 3.81. The number of halogens is 1. The second kappa shape index (κ2) is 9.14. The summed E-state index contributed by atoms with van der Waals surface area (Å²) < 4.78 is 15.5. The van der Waals surface area contributed by atoms with Gasteiger partial charge in [0.1, 0.15) is 5.75 Å². The summed E-state index contributed by atoms with van der Waals surface area (Å²) in [5.74, 6) is 0.562. The van der Waals surface area contributed by atoms with Gasteiger partial charge in [-0.05, 0) is 36.8 Å². The summed E-state index contributed by atoms with van der Waals surface area (Å²) in [7, 11) is 4.47. The molecular weight excluding hydrogens is 372 g/mol. The standard InChI is InChI=1S/C19H21ClN2O5/c1-11-7-14(16(26-3)9-13(11)20)22-18(23)10-21-19(24)12-5-6-15(25-2)17(8-12)27-4/h5-9H,10H2,1-4H3,(H,21,24)(H,22,23). The van der Waals surface area contributed by atoms with Gasteiger partial charge in [0.15, 0.2) is 11.5 Å². The number of benzene rings is 2. The van der Waals surface area contributed by atoms with Crippen molar-refractivity contribution in [3.8, 4) is 17.2 Å². The number of carbonyl (C=O) groups is 2. The Morgan fingerprint density at radius 3 is 2.26 bits per heavy atom. The first kappa shape index (κ1) is 20.4. The fourth-order valence-corrected chi connectivity index (χ4v) is 2.52. The number of carbonyl (C=O) groups excluding carboxylic acids is 2. The summed E-state index contributed by atoms with van der Waals surface area (Å²) >= 11 is 6.05. The number of ether oxygens (including phenoxy) is 3. The Kier molecular flexibility index (Phi) is 6.90. The van der Waals surface area contributed by atoms with Crippen LogP contribution in [0.3, 0.4) is 0 Å². The van der Waals surface area contributed by atoms with Crippen molar-refractivity contribution in [1.29, 1.82) is 0 Å². The van der Waals surface area contributed by atoms with Crippen molar-refractivity contribution in [2.45, 2.75) is 6.92 Å². The van der Waals surface area contributed by atoms with Crippen molar-refractivity contribution in [2.24, 2.45) is 0 Å². The van der Waals surface area contributed by atoms with Crippen molar-refractivity contribution >= 4 is 29.1 Å². The Balaban J connectivity index is 2.01. The predicted octanol–water partition coefficient (Wildman–Crippen LogP) is 3.04. The normalized spacial score (nSPS) is 10.1. The van der Waals surface area contributed by atoms with Gasteiger partial charge in [-0.3, -0.25) is 9.59 Å². The largest absolute Gasteiger partial charge is 0.495 e. The average Bonchev–Trinajstić information content (AvgIpc) is 2.68. The average molecular weight is 393 g/mol. The van der Waals surface area contributed by atoms with E-state index in [1.54, 1.807) is 24.3 Å². The summed E-state index contributed by atoms with van der Waals surface area (Å²) in [6.45, 7) is 1.61. The Bertz CT molecular complexity index is 854. The van der Waals surface area contributed by atoms with Gasteiger partial charge in [0.25, 0.3) is 5.91 Å². The number of hydrogen-bond acceptors (Lipinski definition) is 5. The van der Waals surface area contributed by atoms with Crippen molar-refractivity contribution in [3.63, 3.8) is 0 Å². The van der Waals surface area contributed by atoms with E-state index in [1.807, 2.05) is 6.92 Å². The van der Waals surface area contributed by atoms with Gasteiger partial charge in [0, 0.05) is 16.7 Å². The lowest BCUT2D eigenvalue weighted by Crippen LogP contribution is -2.33. The van der Waals surface area contributed by atoms with E-state index in [1.165, 1.54) is 27.4 Å². The molecule has 2 rings (SSSR count). The van der Waals surface area contributed by atoms with Crippen LogP contribution in [0, 0.1) is 6.92 Å². The molecule has 0 fully saturated rings. The van der Waals surface area contributed by atoms with Gasteiger partial charge in [-0.25, -0.2) is 0 Å². The molecule has 0 aliphatic heterocycles. The quantitative estimate of drug-likeness (QED) is 0.756. The van der Waals surface area contributed by atoms with E-state index in [4.69, 9.17) is 25.8 Å². The maximum absolute atomic E-state index is 12.3. The van der Waals surface area contributed by atoms with Crippen LogP contribution in [0.15, 0.2) is 30.3 Å². The molecule has 0 saturated carbocycles. The van der Waals surface area contributed by atoms with E-state index in [9.17, 15) is 9.59 Å². The zero-order valence-corrected chi connectivity index (χ0v) is 16.3. The van der Waals surface area contributed by atoms with Gasteiger partial charge >= 0.3 is 0 Å². The van der Waals surface area contributed by atoms with Crippen molar-refractivity contribution < 1.29 is 23.8 Å². The number of hydrogen-bond donors (Lipinski definition) is 2. The van der Waals surface area contributed by atoms with Gasteiger partial charge in [-0.15, -0.1) is 0 Å². The molecule has 0 spiro atoms. The summed E-state index contributed by atoms with van der Waals surface area (Å²) in [5.41, 5.74) is 1.62. The summed E-state index contributed by atoms with van der Waals surface area (Å²) in [6.07, 6.45) is 0. The van der Waals surface area contributed by atoms with Crippen LogP contribution in [0.2, 0.25) is 5.02 Å². The third kappa shape index (κ3) is 5.04. The number of methoxy groups -OCH3 is 3. The Morgan fingerprint density at radius 1 is 0.963 bits per heavy atom. The fraction of sp³-hybridized carbons (Fsp3) is 0.263. The minimum Gasteiger partial charge on any atom is -0.495 e. The fourth-order valence-electron chi connectivity index (χ4n) is 2.36. The lowest BCUT2D eigenvalue weighted by molar-refractivity contribution is -0.115. The van der Waals surface area contributed by atoms with Crippen LogP contribution < -0.4 is 24.8 Å². The number of amides is 2. The highest BCUT2D eigenvalue weighted by Crippen LogP contribution is 2.31. The maximum atomic E-state index is 12.3. The highest BCUT2D eigenvalue weighted by molar-refractivity contribution is 6.31. The molecule has 2 aromatic carbocycles. The molecule has 0 atom stereocenters. The van der Waals surface area contributed by atoms with Gasteiger partial charge < -0.3 is 24.8 Å².